The van der Waals surface area contributed by atoms with Crippen LogP contribution >= 0.6 is 27.0 Å². The summed E-state index contributed by atoms with van der Waals surface area (Å²) in [5.41, 5.74) is 0. The van der Waals surface area contributed by atoms with Gasteiger partial charge in [0, 0.05) is 0 Å². The van der Waals surface area contributed by atoms with E-state index in [1.165, 1.54) is 0 Å². The third-order valence-corrected chi connectivity index (χ3v) is 0.965. The van der Waals surface area contributed by atoms with Crippen molar-refractivity contribution in [2.45, 2.75) is 26.9 Å². The number of rotatable bonds is 1. The maximum Gasteiger partial charge on any atom is 0.0535 e. The van der Waals surface area contributed by atoms with Gasteiger partial charge in [0.1, 0.15) is 0 Å². The predicted octanol–water partition coefficient (Wildman–Crippen LogP) is 1.25. The first-order chi connectivity index (χ1) is 2.64. The second-order valence-corrected chi connectivity index (χ2v) is 1.98. The molecule has 1 N–H and O–H groups in total. The SMILES string of the molecule is CC(C)C(C)O.S.S. The molecule has 0 saturated carbocycles. The molecule has 0 aliphatic rings. The Balaban J connectivity index is -0.000000125. The van der Waals surface area contributed by atoms with Gasteiger partial charge in [-0.2, -0.15) is 27.0 Å². The zero-order valence-electron chi connectivity index (χ0n) is 5.60. The fourth-order valence-corrected chi connectivity index (χ4v) is 0. The van der Waals surface area contributed by atoms with Crippen molar-refractivity contribution in [3.8, 4) is 0 Å². The summed E-state index contributed by atoms with van der Waals surface area (Å²) in [6.07, 6.45) is -0.148. The van der Waals surface area contributed by atoms with E-state index in [4.69, 9.17) is 5.11 Å². The van der Waals surface area contributed by atoms with Crippen LogP contribution in [0.2, 0.25) is 0 Å². The quantitative estimate of drug-likeness (QED) is 0.606. The highest BCUT2D eigenvalue weighted by molar-refractivity contribution is 7.59. The molecule has 0 amide bonds. The lowest BCUT2D eigenvalue weighted by atomic mass is 10.1. The predicted molar refractivity (Wildman–Crippen MR) is 47.3 cm³/mol. The first kappa shape index (κ1) is 15.9. The number of hydrogen-bond acceptors (Lipinski definition) is 1. The Bertz CT molecular complexity index is 31.4. The smallest absolute Gasteiger partial charge is 0.0535 e. The molecule has 0 aromatic heterocycles. The largest absolute Gasteiger partial charge is 0.393 e. The van der Waals surface area contributed by atoms with Crippen molar-refractivity contribution >= 4 is 27.0 Å². The molecule has 0 aliphatic heterocycles. The highest BCUT2D eigenvalue weighted by Gasteiger charge is 1.97. The van der Waals surface area contributed by atoms with E-state index in [0.29, 0.717) is 5.92 Å². The average Bonchev–Trinajstić information content (AvgIpc) is 1.36. The van der Waals surface area contributed by atoms with Crippen molar-refractivity contribution < 1.29 is 5.11 Å². The highest BCUT2D eigenvalue weighted by atomic mass is 32.1. The second kappa shape index (κ2) is 7.66. The van der Waals surface area contributed by atoms with Gasteiger partial charge in [-0.05, 0) is 12.8 Å². The summed E-state index contributed by atoms with van der Waals surface area (Å²) in [7, 11) is 0. The van der Waals surface area contributed by atoms with Gasteiger partial charge in [-0.1, -0.05) is 13.8 Å². The van der Waals surface area contributed by atoms with E-state index in [0.717, 1.165) is 0 Å². The Kier molecular flexibility index (Phi) is 15.2. The summed E-state index contributed by atoms with van der Waals surface area (Å²) in [5.74, 6) is 0.407. The minimum atomic E-state index is -0.148. The van der Waals surface area contributed by atoms with Gasteiger partial charge >= 0.3 is 0 Å². The van der Waals surface area contributed by atoms with Crippen LogP contribution in [-0.2, 0) is 0 Å². The molecule has 0 heterocycles. The van der Waals surface area contributed by atoms with Gasteiger partial charge in [0.05, 0.1) is 6.10 Å². The Morgan fingerprint density at radius 1 is 1.00 bits per heavy atom. The molecule has 1 unspecified atom stereocenters. The monoisotopic (exact) mass is 156 g/mol. The topological polar surface area (TPSA) is 20.2 Å². The molecule has 1 nitrogen and oxygen atoms in total. The van der Waals surface area contributed by atoms with E-state index in [1.807, 2.05) is 13.8 Å². The van der Waals surface area contributed by atoms with Crippen molar-refractivity contribution in [3.63, 3.8) is 0 Å². The molecule has 0 bridgehead atoms. The van der Waals surface area contributed by atoms with E-state index >= 15 is 0 Å². The van der Waals surface area contributed by atoms with Gasteiger partial charge in [0.15, 0.2) is 0 Å². The van der Waals surface area contributed by atoms with Crippen molar-refractivity contribution in [2.75, 3.05) is 0 Å². The Hall–Kier alpha value is 0.660. The lowest BCUT2D eigenvalue weighted by Crippen LogP contribution is -2.07. The number of hydrogen-bond donors (Lipinski definition) is 1. The van der Waals surface area contributed by atoms with Gasteiger partial charge in [0.25, 0.3) is 0 Å². The van der Waals surface area contributed by atoms with Crippen LogP contribution in [0.5, 0.6) is 0 Å². The average molecular weight is 156 g/mol. The van der Waals surface area contributed by atoms with E-state index in [9.17, 15) is 0 Å². The minimum Gasteiger partial charge on any atom is -0.393 e. The summed E-state index contributed by atoms with van der Waals surface area (Å²) in [4.78, 5) is 0. The van der Waals surface area contributed by atoms with Crippen molar-refractivity contribution in [3.05, 3.63) is 0 Å². The molecular weight excluding hydrogens is 140 g/mol. The van der Waals surface area contributed by atoms with Crippen molar-refractivity contribution in [1.82, 2.24) is 0 Å². The fraction of sp³-hybridized carbons (Fsp3) is 1.00. The normalized spacial score (nSPS) is 11.6. The molecule has 0 spiro atoms. The first-order valence-corrected chi connectivity index (χ1v) is 2.32. The zero-order valence-corrected chi connectivity index (χ0v) is 7.60. The summed E-state index contributed by atoms with van der Waals surface area (Å²) < 4.78 is 0. The lowest BCUT2D eigenvalue weighted by molar-refractivity contribution is 0.144. The van der Waals surface area contributed by atoms with Crippen LogP contribution in [0.4, 0.5) is 0 Å². The summed E-state index contributed by atoms with van der Waals surface area (Å²) in [6.45, 7) is 5.78. The van der Waals surface area contributed by atoms with Crippen LogP contribution in [0.15, 0.2) is 0 Å². The molecule has 0 rings (SSSR count). The van der Waals surface area contributed by atoms with Gasteiger partial charge in [0.2, 0.25) is 0 Å². The molecule has 0 saturated heterocycles. The van der Waals surface area contributed by atoms with Gasteiger partial charge in [-0.15, -0.1) is 0 Å². The highest BCUT2D eigenvalue weighted by Crippen LogP contribution is 1.96. The number of aliphatic hydroxyl groups excluding tert-OH is 1. The summed E-state index contributed by atoms with van der Waals surface area (Å²) in [5, 5.41) is 8.63. The lowest BCUT2D eigenvalue weighted by Gasteiger charge is -2.04. The third kappa shape index (κ3) is 9.83. The third-order valence-electron chi connectivity index (χ3n) is 0.965. The molecular formula is C5H16OS2. The van der Waals surface area contributed by atoms with E-state index in [1.54, 1.807) is 6.92 Å². The molecule has 0 aromatic rings. The van der Waals surface area contributed by atoms with Crippen LogP contribution in [0.3, 0.4) is 0 Å². The Morgan fingerprint density at radius 3 is 1.12 bits per heavy atom. The fourth-order valence-electron chi connectivity index (χ4n) is 0. The Morgan fingerprint density at radius 2 is 1.12 bits per heavy atom. The van der Waals surface area contributed by atoms with Gasteiger partial charge < -0.3 is 5.11 Å². The standard InChI is InChI=1S/C5H12O.2H2S/c1-4(2)5(3)6;;/h4-6H,1-3H3;2*1H2. The van der Waals surface area contributed by atoms with E-state index in [-0.39, 0.29) is 33.1 Å². The molecule has 3 heteroatoms. The van der Waals surface area contributed by atoms with E-state index < -0.39 is 0 Å². The molecule has 0 radical (unpaired) electrons. The molecule has 1 atom stereocenters. The maximum atomic E-state index is 8.63. The summed E-state index contributed by atoms with van der Waals surface area (Å²) >= 11 is 0. The number of aliphatic hydroxyl groups is 1. The second-order valence-electron chi connectivity index (χ2n) is 1.98. The van der Waals surface area contributed by atoms with Crippen LogP contribution < -0.4 is 0 Å². The van der Waals surface area contributed by atoms with Crippen LogP contribution in [0, 0.1) is 5.92 Å². The van der Waals surface area contributed by atoms with Crippen LogP contribution in [-0.4, -0.2) is 11.2 Å². The molecule has 0 aromatic carbocycles. The van der Waals surface area contributed by atoms with Crippen molar-refractivity contribution in [2.24, 2.45) is 5.92 Å². The molecule has 0 fully saturated rings. The van der Waals surface area contributed by atoms with Gasteiger partial charge in [-0.25, -0.2) is 0 Å². The Labute approximate surface area is 65.4 Å². The zero-order chi connectivity index (χ0) is 5.15. The summed E-state index contributed by atoms with van der Waals surface area (Å²) in [6, 6.07) is 0. The maximum absolute atomic E-state index is 8.63. The molecule has 8 heavy (non-hydrogen) atoms. The van der Waals surface area contributed by atoms with Crippen molar-refractivity contribution in [1.29, 1.82) is 0 Å². The minimum absolute atomic E-state index is 0. The molecule has 0 aliphatic carbocycles. The van der Waals surface area contributed by atoms with Crippen LogP contribution in [0.1, 0.15) is 20.8 Å². The van der Waals surface area contributed by atoms with Gasteiger partial charge in [-0.3, -0.25) is 0 Å². The van der Waals surface area contributed by atoms with E-state index in [2.05, 4.69) is 0 Å². The van der Waals surface area contributed by atoms with Crippen LogP contribution in [0.25, 0.3) is 0 Å². The molecule has 54 valence electrons. The first-order valence-electron chi connectivity index (χ1n) is 2.32.